The molecule has 22 heavy (non-hydrogen) atoms. The Balaban J connectivity index is 0.00000242. The standard InChI is InChI=1S/C16H18N2O3.ClH/c1-11(13-5-9-16(10-6-13)18(20)21)17-15-7-3-14(4-8-15)12(2)19;/h3-12,17,19H,1-2H3;1H. The van der Waals surface area contributed by atoms with Gasteiger partial charge in [0.05, 0.1) is 11.0 Å². The van der Waals surface area contributed by atoms with E-state index in [4.69, 9.17) is 0 Å². The fourth-order valence-electron chi connectivity index (χ4n) is 2.08. The number of halogens is 1. The van der Waals surface area contributed by atoms with Crippen LogP contribution in [0.5, 0.6) is 0 Å². The zero-order valence-corrected chi connectivity index (χ0v) is 13.2. The lowest BCUT2D eigenvalue weighted by Gasteiger charge is -2.16. The van der Waals surface area contributed by atoms with Crippen LogP contribution in [0.3, 0.4) is 0 Å². The molecular weight excluding hydrogens is 304 g/mol. The summed E-state index contributed by atoms with van der Waals surface area (Å²) >= 11 is 0. The molecule has 2 unspecified atom stereocenters. The van der Waals surface area contributed by atoms with Crippen molar-refractivity contribution in [3.63, 3.8) is 0 Å². The van der Waals surface area contributed by atoms with Crippen LogP contribution in [0.1, 0.15) is 37.1 Å². The predicted molar refractivity (Wildman–Crippen MR) is 89.5 cm³/mol. The Morgan fingerprint density at radius 3 is 1.95 bits per heavy atom. The van der Waals surface area contributed by atoms with Crippen molar-refractivity contribution in [1.29, 1.82) is 0 Å². The third kappa shape index (κ3) is 4.44. The molecule has 6 heteroatoms. The topological polar surface area (TPSA) is 75.4 Å². The summed E-state index contributed by atoms with van der Waals surface area (Å²) < 4.78 is 0. The minimum Gasteiger partial charge on any atom is -0.389 e. The molecule has 0 aliphatic heterocycles. The number of benzene rings is 2. The highest BCUT2D eigenvalue weighted by Crippen LogP contribution is 2.23. The van der Waals surface area contributed by atoms with E-state index in [0.717, 1.165) is 16.8 Å². The van der Waals surface area contributed by atoms with Gasteiger partial charge in [0.1, 0.15) is 0 Å². The Kier molecular flexibility index (Phi) is 6.34. The molecule has 0 heterocycles. The SMILES string of the molecule is CC(O)c1ccc(NC(C)c2ccc([N+](=O)[O-])cc2)cc1.Cl. The number of nitro groups is 1. The fourth-order valence-corrected chi connectivity index (χ4v) is 2.08. The monoisotopic (exact) mass is 322 g/mol. The minimum absolute atomic E-state index is 0. The van der Waals surface area contributed by atoms with E-state index in [-0.39, 0.29) is 24.1 Å². The third-order valence-corrected chi connectivity index (χ3v) is 3.38. The van der Waals surface area contributed by atoms with E-state index in [0.29, 0.717) is 0 Å². The number of nitrogens with zero attached hydrogens (tertiary/aromatic N) is 1. The zero-order valence-electron chi connectivity index (χ0n) is 12.4. The van der Waals surface area contributed by atoms with Gasteiger partial charge in [-0.05, 0) is 37.1 Å². The fraction of sp³-hybridized carbons (Fsp3) is 0.250. The predicted octanol–water partition coefficient (Wildman–Crippen LogP) is 4.24. The highest BCUT2D eigenvalue weighted by molar-refractivity contribution is 5.85. The molecule has 0 saturated carbocycles. The molecule has 2 N–H and O–H groups in total. The highest BCUT2D eigenvalue weighted by Gasteiger charge is 2.09. The highest BCUT2D eigenvalue weighted by atomic mass is 35.5. The molecule has 0 aromatic heterocycles. The molecular formula is C16H19ClN2O3. The zero-order chi connectivity index (χ0) is 15.4. The van der Waals surface area contributed by atoms with Gasteiger partial charge in [-0.15, -0.1) is 12.4 Å². The molecule has 0 fully saturated rings. The maximum Gasteiger partial charge on any atom is 0.269 e. The average Bonchev–Trinajstić information content (AvgIpc) is 2.47. The Labute approximate surface area is 135 Å². The van der Waals surface area contributed by atoms with E-state index in [1.807, 2.05) is 31.2 Å². The number of anilines is 1. The first-order valence-corrected chi connectivity index (χ1v) is 6.76. The van der Waals surface area contributed by atoms with Gasteiger partial charge in [0.25, 0.3) is 5.69 Å². The van der Waals surface area contributed by atoms with E-state index in [1.165, 1.54) is 12.1 Å². The van der Waals surface area contributed by atoms with E-state index in [1.54, 1.807) is 19.1 Å². The first-order chi connectivity index (χ1) is 9.97. The summed E-state index contributed by atoms with van der Waals surface area (Å²) in [6, 6.07) is 14.1. The van der Waals surface area contributed by atoms with Crippen LogP contribution < -0.4 is 5.32 Å². The van der Waals surface area contributed by atoms with Crippen molar-refractivity contribution in [2.45, 2.75) is 26.0 Å². The number of hydrogen-bond acceptors (Lipinski definition) is 4. The number of nitrogens with one attached hydrogen (secondary N) is 1. The van der Waals surface area contributed by atoms with Crippen molar-refractivity contribution in [1.82, 2.24) is 0 Å². The smallest absolute Gasteiger partial charge is 0.269 e. The summed E-state index contributed by atoms with van der Waals surface area (Å²) in [5.41, 5.74) is 2.86. The van der Waals surface area contributed by atoms with Crippen LogP contribution in [0.15, 0.2) is 48.5 Å². The van der Waals surface area contributed by atoms with Crippen LogP contribution in [-0.2, 0) is 0 Å². The van der Waals surface area contributed by atoms with Gasteiger partial charge in [0.15, 0.2) is 0 Å². The molecule has 0 spiro atoms. The van der Waals surface area contributed by atoms with Crippen LogP contribution in [0.2, 0.25) is 0 Å². The maximum absolute atomic E-state index is 10.6. The summed E-state index contributed by atoms with van der Waals surface area (Å²) in [6.45, 7) is 3.71. The van der Waals surface area contributed by atoms with E-state index in [9.17, 15) is 15.2 Å². The molecule has 2 aromatic carbocycles. The van der Waals surface area contributed by atoms with Crippen LogP contribution in [0.25, 0.3) is 0 Å². The Morgan fingerprint density at radius 1 is 1.00 bits per heavy atom. The summed E-state index contributed by atoms with van der Waals surface area (Å²) in [5.74, 6) is 0. The van der Waals surface area contributed by atoms with Gasteiger partial charge in [0, 0.05) is 23.9 Å². The Hall–Kier alpha value is -2.11. The molecule has 2 atom stereocenters. The van der Waals surface area contributed by atoms with E-state index in [2.05, 4.69) is 5.32 Å². The lowest BCUT2D eigenvalue weighted by Crippen LogP contribution is -2.06. The number of rotatable bonds is 5. The molecule has 2 aromatic rings. The van der Waals surface area contributed by atoms with Gasteiger partial charge in [-0.2, -0.15) is 0 Å². The van der Waals surface area contributed by atoms with Crippen LogP contribution in [0, 0.1) is 10.1 Å². The molecule has 118 valence electrons. The van der Waals surface area contributed by atoms with Gasteiger partial charge in [0.2, 0.25) is 0 Å². The summed E-state index contributed by atoms with van der Waals surface area (Å²) in [4.78, 5) is 10.2. The minimum atomic E-state index is -0.480. The van der Waals surface area contributed by atoms with Crippen LogP contribution in [0.4, 0.5) is 11.4 Å². The molecule has 0 saturated heterocycles. The van der Waals surface area contributed by atoms with Gasteiger partial charge >= 0.3 is 0 Å². The second-order valence-electron chi connectivity index (χ2n) is 5.01. The van der Waals surface area contributed by atoms with Gasteiger partial charge < -0.3 is 10.4 Å². The average molecular weight is 323 g/mol. The van der Waals surface area contributed by atoms with Crippen LogP contribution >= 0.6 is 12.4 Å². The number of aliphatic hydroxyl groups is 1. The van der Waals surface area contributed by atoms with Crippen molar-refractivity contribution >= 4 is 23.8 Å². The van der Waals surface area contributed by atoms with Crippen molar-refractivity contribution in [3.05, 3.63) is 69.8 Å². The lowest BCUT2D eigenvalue weighted by atomic mass is 10.1. The molecule has 0 aliphatic carbocycles. The summed E-state index contributed by atoms with van der Waals surface area (Å²) in [7, 11) is 0. The third-order valence-electron chi connectivity index (χ3n) is 3.38. The van der Waals surface area contributed by atoms with Crippen molar-refractivity contribution in [2.24, 2.45) is 0 Å². The summed E-state index contributed by atoms with van der Waals surface area (Å²) in [6.07, 6.45) is -0.480. The molecule has 5 nitrogen and oxygen atoms in total. The van der Waals surface area contributed by atoms with Crippen molar-refractivity contribution in [2.75, 3.05) is 5.32 Å². The molecule has 0 radical (unpaired) electrons. The van der Waals surface area contributed by atoms with Gasteiger partial charge in [-0.3, -0.25) is 10.1 Å². The van der Waals surface area contributed by atoms with Crippen molar-refractivity contribution in [3.8, 4) is 0 Å². The molecule has 0 aliphatic rings. The second-order valence-corrected chi connectivity index (χ2v) is 5.01. The number of non-ortho nitro benzene ring substituents is 1. The maximum atomic E-state index is 10.6. The number of nitro benzene ring substituents is 1. The Morgan fingerprint density at radius 2 is 1.50 bits per heavy atom. The van der Waals surface area contributed by atoms with Gasteiger partial charge in [-0.25, -0.2) is 0 Å². The largest absolute Gasteiger partial charge is 0.389 e. The van der Waals surface area contributed by atoms with E-state index < -0.39 is 11.0 Å². The second kappa shape index (κ2) is 7.77. The lowest BCUT2D eigenvalue weighted by molar-refractivity contribution is -0.384. The molecule has 0 bridgehead atoms. The first-order valence-electron chi connectivity index (χ1n) is 6.76. The van der Waals surface area contributed by atoms with Gasteiger partial charge in [-0.1, -0.05) is 24.3 Å². The Bertz CT molecular complexity index is 612. The van der Waals surface area contributed by atoms with E-state index >= 15 is 0 Å². The van der Waals surface area contributed by atoms with Crippen LogP contribution in [-0.4, -0.2) is 10.0 Å². The molecule has 2 rings (SSSR count). The molecule has 0 amide bonds. The quantitative estimate of drug-likeness (QED) is 0.637. The number of aliphatic hydroxyl groups excluding tert-OH is 1. The number of hydrogen-bond donors (Lipinski definition) is 2. The van der Waals surface area contributed by atoms with Crippen molar-refractivity contribution < 1.29 is 10.0 Å². The summed E-state index contributed by atoms with van der Waals surface area (Å²) in [5, 5.41) is 23.4. The first kappa shape index (κ1) is 17.9. The normalized spacial score (nSPS) is 12.9.